The lowest BCUT2D eigenvalue weighted by molar-refractivity contribution is -0.139. The summed E-state index contributed by atoms with van der Waals surface area (Å²) in [5.41, 5.74) is -0.426. The molecule has 3 aliphatic rings. The van der Waals surface area contributed by atoms with Crippen LogP contribution in [0.15, 0.2) is 0 Å². The molecular weight excluding hydrogens is 266 g/mol. The lowest BCUT2D eigenvalue weighted by Gasteiger charge is -2.49. The van der Waals surface area contributed by atoms with E-state index in [1.54, 1.807) is 0 Å². The van der Waals surface area contributed by atoms with E-state index in [1.807, 2.05) is 0 Å². The van der Waals surface area contributed by atoms with Crippen molar-refractivity contribution in [3.8, 4) is 0 Å². The molecule has 0 unspecified atom stereocenters. The Balaban J connectivity index is 1.94. The number of ether oxygens (including phenoxy) is 1. The van der Waals surface area contributed by atoms with Crippen molar-refractivity contribution in [3.05, 3.63) is 0 Å². The Labute approximate surface area is 127 Å². The van der Waals surface area contributed by atoms with Gasteiger partial charge in [-0.05, 0) is 42.4 Å². The number of hydrogen-bond donors (Lipinski definition) is 0. The normalized spacial score (nSPS) is 38.1. The zero-order chi connectivity index (χ0) is 15.4. The van der Waals surface area contributed by atoms with Gasteiger partial charge in [0.1, 0.15) is 6.61 Å². The summed E-state index contributed by atoms with van der Waals surface area (Å²) in [6, 6.07) is 0. The third-order valence-electron chi connectivity index (χ3n) is 6.71. The minimum absolute atomic E-state index is 0.0345. The molecule has 0 radical (unpaired) electrons. The highest BCUT2D eigenvalue weighted by molar-refractivity contribution is 5.94. The van der Waals surface area contributed by atoms with Crippen LogP contribution in [0.3, 0.4) is 0 Å². The first-order valence-corrected chi connectivity index (χ1v) is 8.34. The average Bonchev–Trinajstić information content (AvgIpc) is 3.07. The predicted molar refractivity (Wildman–Crippen MR) is 79.6 cm³/mol. The van der Waals surface area contributed by atoms with Crippen molar-refractivity contribution in [2.45, 2.75) is 65.3 Å². The van der Waals surface area contributed by atoms with Gasteiger partial charge in [-0.25, -0.2) is 9.69 Å². The molecule has 21 heavy (non-hydrogen) atoms. The summed E-state index contributed by atoms with van der Waals surface area (Å²) in [6.45, 7) is 8.99. The smallest absolute Gasteiger partial charge is 0.417 e. The van der Waals surface area contributed by atoms with Gasteiger partial charge in [0.2, 0.25) is 5.91 Å². The minimum Gasteiger partial charge on any atom is -0.447 e. The Morgan fingerprint density at radius 3 is 2.62 bits per heavy atom. The topological polar surface area (TPSA) is 46.6 Å². The highest BCUT2D eigenvalue weighted by Gasteiger charge is 2.70. The molecule has 2 saturated carbocycles. The van der Waals surface area contributed by atoms with Gasteiger partial charge in [-0.15, -0.1) is 0 Å². The Kier molecular flexibility index (Phi) is 3.34. The second-order valence-corrected chi connectivity index (χ2v) is 7.85. The zero-order valence-electron chi connectivity index (χ0n) is 13.6. The van der Waals surface area contributed by atoms with E-state index in [2.05, 4.69) is 27.7 Å². The maximum absolute atomic E-state index is 12.8. The van der Waals surface area contributed by atoms with Crippen LogP contribution in [-0.4, -0.2) is 29.0 Å². The van der Waals surface area contributed by atoms with Crippen LogP contribution in [0.25, 0.3) is 0 Å². The predicted octanol–water partition coefficient (Wildman–Crippen LogP) is 3.60. The third kappa shape index (κ3) is 1.80. The molecule has 0 aromatic carbocycles. The van der Waals surface area contributed by atoms with Gasteiger partial charge in [-0.1, -0.05) is 34.1 Å². The summed E-state index contributed by atoms with van der Waals surface area (Å²) in [5.74, 6) is 1.30. The van der Waals surface area contributed by atoms with E-state index >= 15 is 0 Å². The maximum atomic E-state index is 12.8. The van der Waals surface area contributed by atoms with E-state index in [0.717, 1.165) is 19.3 Å². The number of rotatable bonds is 3. The first kappa shape index (κ1) is 14.9. The van der Waals surface area contributed by atoms with Crippen LogP contribution < -0.4 is 0 Å². The van der Waals surface area contributed by atoms with E-state index in [1.165, 1.54) is 11.3 Å². The van der Waals surface area contributed by atoms with Crippen LogP contribution in [0, 0.1) is 23.2 Å². The number of carbonyl (C=O) groups excluding carboxylic acids is 2. The molecule has 2 bridgehead atoms. The molecule has 2 aliphatic carbocycles. The number of amides is 2. The van der Waals surface area contributed by atoms with E-state index < -0.39 is 11.6 Å². The molecular formula is C17H27NO3. The van der Waals surface area contributed by atoms with Crippen LogP contribution in [0.2, 0.25) is 0 Å². The van der Waals surface area contributed by atoms with E-state index in [9.17, 15) is 9.59 Å². The Morgan fingerprint density at radius 2 is 2.05 bits per heavy atom. The van der Waals surface area contributed by atoms with Crippen LogP contribution in [0.5, 0.6) is 0 Å². The molecule has 3 rings (SSSR count). The summed E-state index contributed by atoms with van der Waals surface area (Å²) < 4.78 is 5.39. The minimum atomic E-state index is -0.413. The molecule has 1 heterocycles. The van der Waals surface area contributed by atoms with Gasteiger partial charge < -0.3 is 4.74 Å². The lowest BCUT2D eigenvalue weighted by atomic mass is 9.63. The summed E-state index contributed by atoms with van der Waals surface area (Å²) >= 11 is 0. The summed E-state index contributed by atoms with van der Waals surface area (Å²) in [5, 5.41) is 0. The van der Waals surface area contributed by atoms with Crippen molar-refractivity contribution in [1.29, 1.82) is 0 Å². The molecule has 118 valence electrons. The second-order valence-electron chi connectivity index (χ2n) is 7.85. The second kappa shape index (κ2) is 4.72. The molecule has 1 saturated heterocycles. The maximum Gasteiger partial charge on any atom is 0.417 e. The van der Waals surface area contributed by atoms with Gasteiger partial charge in [0.15, 0.2) is 0 Å². The molecule has 2 amide bonds. The first-order valence-electron chi connectivity index (χ1n) is 8.34. The van der Waals surface area contributed by atoms with Gasteiger partial charge in [0.05, 0.1) is 5.54 Å². The number of nitrogens with zero attached hydrogens (tertiary/aromatic N) is 1. The fraction of sp³-hybridized carbons (Fsp3) is 0.882. The molecule has 4 atom stereocenters. The SMILES string of the molecule is CC[C@H](C)CC(=O)N1C(=O)OC[C@@]12[C@@H]1CC[C@@H](C1)C2(C)C. The van der Waals surface area contributed by atoms with Gasteiger partial charge in [0, 0.05) is 6.42 Å². The van der Waals surface area contributed by atoms with Crippen molar-refractivity contribution in [3.63, 3.8) is 0 Å². The number of hydrogen-bond acceptors (Lipinski definition) is 3. The van der Waals surface area contributed by atoms with Crippen molar-refractivity contribution >= 4 is 12.0 Å². The Morgan fingerprint density at radius 1 is 1.38 bits per heavy atom. The van der Waals surface area contributed by atoms with Crippen LogP contribution >= 0.6 is 0 Å². The highest BCUT2D eigenvalue weighted by Crippen LogP contribution is 2.65. The van der Waals surface area contributed by atoms with Crippen LogP contribution in [0.1, 0.15) is 59.8 Å². The summed E-state index contributed by atoms with van der Waals surface area (Å²) in [4.78, 5) is 26.6. The Bertz CT molecular complexity index is 473. The average molecular weight is 293 g/mol. The van der Waals surface area contributed by atoms with Crippen LogP contribution in [-0.2, 0) is 9.53 Å². The van der Waals surface area contributed by atoms with E-state index in [0.29, 0.717) is 30.8 Å². The zero-order valence-corrected chi connectivity index (χ0v) is 13.6. The number of imide groups is 1. The molecule has 0 N–H and O–H groups in total. The fourth-order valence-corrected chi connectivity index (χ4v) is 5.05. The lowest BCUT2D eigenvalue weighted by Crippen LogP contribution is -2.62. The number of cyclic esters (lactones) is 1. The molecule has 1 spiro atoms. The third-order valence-corrected chi connectivity index (χ3v) is 6.71. The largest absolute Gasteiger partial charge is 0.447 e. The standard InChI is InChI=1S/C17H27NO3/c1-5-11(2)8-14(19)18-15(20)21-10-17(18)13-7-6-12(9-13)16(17,3)4/h11-13H,5-10H2,1-4H3/t11-,12-,13+,17-/m0/s1. The van der Waals surface area contributed by atoms with Gasteiger partial charge in [-0.2, -0.15) is 0 Å². The molecule has 0 aromatic heterocycles. The fourth-order valence-electron chi connectivity index (χ4n) is 5.05. The van der Waals surface area contributed by atoms with E-state index in [4.69, 9.17) is 4.74 Å². The van der Waals surface area contributed by atoms with Crippen LogP contribution in [0.4, 0.5) is 4.79 Å². The van der Waals surface area contributed by atoms with Crippen molar-refractivity contribution < 1.29 is 14.3 Å². The van der Waals surface area contributed by atoms with Gasteiger partial charge >= 0.3 is 6.09 Å². The highest BCUT2D eigenvalue weighted by atomic mass is 16.6. The number of fused-ring (bicyclic) bond motifs is 3. The summed E-state index contributed by atoms with van der Waals surface area (Å²) in [7, 11) is 0. The van der Waals surface area contributed by atoms with Gasteiger partial charge in [-0.3, -0.25) is 4.79 Å². The molecule has 1 aliphatic heterocycles. The number of carbonyl (C=O) groups is 2. The molecule has 4 heteroatoms. The van der Waals surface area contributed by atoms with Gasteiger partial charge in [0.25, 0.3) is 0 Å². The summed E-state index contributed by atoms with van der Waals surface area (Å²) in [6.07, 6.45) is 4.47. The van der Waals surface area contributed by atoms with E-state index in [-0.39, 0.29) is 11.3 Å². The molecule has 3 fully saturated rings. The Hall–Kier alpha value is -1.06. The van der Waals surface area contributed by atoms with Crippen molar-refractivity contribution in [2.75, 3.05) is 6.61 Å². The van der Waals surface area contributed by atoms with Crippen molar-refractivity contribution in [1.82, 2.24) is 4.90 Å². The molecule has 0 aromatic rings. The quantitative estimate of drug-likeness (QED) is 0.798. The van der Waals surface area contributed by atoms with Crippen molar-refractivity contribution in [2.24, 2.45) is 23.2 Å². The monoisotopic (exact) mass is 293 g/mol. The first-order chi connectivity index (χ1) is 9.84. The molecule has 4 nitrogen and oxygen atoms in total.